The highest BCUT2D eigenvalue weighted by molar-refractivity contribution is 7.44. The van der Waals surface area contributed by atoms with E-state index in [0.717, 1.165) is 25.7 Å². The monoisotopic (exact) mass is 414 g/mol. The van der Waals surface area contributed by atoms with E-state index in [1.54, 1.807) is 0 Å². The van der Waals surface area contributed by atoms with Crippen LogP contribution in [0.2, 0.25) is 0 Å². The van der Waals surface area contributed by atoms with Gasteiger partial charge in [0.15, 0.2) is 6.61 Å². The lowest BCUT2D eigenvalue weighted by atomic mass is 10.2. The molecule has 0 saturated heterocycles. The van der Waals surface area contributed by atoms with Crippen LogP contribution in [0.25, 0.3) is 9.69 Å². The van der Waals surface area contributed by atoms with Gasteiger partial charge in [-0.15, -0.1) is 0 Å². The minimum atomic E-state index is -1.16. The molecule has 160 valence electrons. The minimum absolute atomic E-state index is 0.136. The molecule has 0 aromatic heterocycles. The Morgan fingerprint density at radius 1 is 0.929 bits per heavy atom. The van der Waals surface area contributed by atoms with Crippen molar-refractivity contribution >= 4 is 14.6 Å². The maximum atomic E-state index is 11.3. The Labute approximate surface area is 171 Å². The Morgan fingerprint density at radius 3 is 2.11 bits per heavy atom. The molecule has 0 bridgehead atoms. The minimum Gasteiger partial charge on any atom is -0.442 e. The normalized spacial score (nSPS) is 12.0. The molecule has 0 radical (unpaired) electrons. The summed E-state index contributed by atoms with van der Waals surface area (Å²) < 4.78 is 18.9. The van der Waals surface area contributed by atoms with Crippen LogP contribution in [0.15, 0.2) is 0 Å². The maximum absolute atomic E-state index is 11.3. The van der Waals surface area contributed by atoms with Gasteiger partial charge in [0, 0.05) is 18.6 Å². The van der Waals surface area contributed by atoms with Gasteiger partial charge in [-0.1, -0.05) is 12.8 Å². The number of carbonyl (C=O) groups excluding carboxylic acids is 1. The Kier molecular flexibility index (Phi) is 16.7. The Hall–Kier alpha value is -1.44. The first-order chi connectivity index (χ1) is 13.4. The molecular formula is C19H35N4O4P. The topological polar surface area (TPSA) is 68.8 Å². The highest BCUT2D eigenvalue weighted by Crippen LogP contribution is 2.45. The van der Waals surface area contributed by atoms with Gasteiger partial charge >= 0.3 is 6.09 Å². The van der Waals surface area contributed by atoms with Crippen LogP contribution in [0.4, 0.5) is 4.79 Å². The van der Waals surface area contributed by atoms with Crippen LogP contribution < -0.4 is 5.32 Å². The molecular weight excluding hydrogens is 379 g/mol. The fourth-order valence-electron chi connectivity index (χ4n) is 2.46. The van der Waals surface area contributed by atoms with E-state index >= 15 is 0 Å². The number of ether oxygens (including phenoxy) is 1. The summed E-state index contributed by atoms with van der Waals surface area (Å²) in [5, 5.41) is 2.68. The lowest BCUT2D eigenvalue weighted by Crippen LogP contribution is -2.33. The fraction of sp³-hybridized carbons (Fsp3) is 0.842. The van der Waals surface area contributed by atoms with Gasteiger partial charge in [0.05, 0.1) is 6.61 Å². The quantitative estimate of drug-likeness (QED) is 0.229. The van der Waals surface area contributed by atoms with E-state index in [0.29, 0.717) is 38.4 Å². The maximum Gasteiger partial charge on any atom is 0.407 e. The molecule has 1 amide bonds. The Bertz CT molecular complexity index is 483. The molecule has 1 unspecified atom stereocenters. The number of rotatable bonds is 16. The Morgan fingerprint density at radius 2 is 1.50 bits per heavy atom. The molecule has 0 aromatic rings. The van der Waals surface area contributed by atoms with E-state index in [9.17, 15) is 4.79 Å². The number of unbranched alkanes of at least 4 members (excludes halogenated alkanes) is 3. The Balaban J connectivity index is 3.99. The van der Waals surface area contributed by atoms with Gasteiger partial charge < -0.3 is 28.8 Å². The predicted molar refractivity (Wildman–Crippen MR) is 112 cm³/mol. The van der Waals surface area contributed by atoms with Gasteiger partial charge in [0.25, 0.3) is 8.53 Å². The van der Waals surface area contributed by atoms with Crippen molar-refractivity contribution in [3.63, 3.8) is 0 Å². The van der Waals surface area contributed by atoms with Crippen molar-refractivity contribution in [2.45, 2.75) is 65.5 Å². The standard InChI is InChI=1S/C19H35N4O4P/c1-17(2)23(18(3)4)28(27-16-13-21-6)26-14-10-8-7-9-11-22-19(24)25-15-12-20-5/h17-18H,7-16H2,1-4H3,(H,22,24). The molecule has 9 heteroatoms. The number of hydrogen-bond donors (Lipinski definition) is 1. The smallest absolute Gasteiger partial charge is 0.407 e. The number of hydrogen-bond acceptors (Lipinski definition) is 5. The van der Waals surface area contributed by atoms with E-state index < -0.39 is 14.6 Å². The number of nitrogens with zero attached hydrogens (tertiary/aromatic N) is 3. The SMILES string of the molecule is [C-]#[N+]CCOC(=O)NCCCCCCOP(OCC[N+]#[C-])N(C(C)C)C(C)C. The molecule has 0 aromatic carbocycles. The van der Waals surface area contributed by atoms with Crippen LogP contribution >= 0.6 is 8.53 Å². The van der Waals surface area contributed by atoms with Gasteiger partial charge in [0.1, 0.15) is 6.61 Å². The summed E-state index contributed by atoms with van der Waals surface area (Å²) in [4.78, 5) is 17.8. The van der Waals surface area contributed by atoms with E-state index in [1.807, 2.05) is 0 Å². The summed E-state index contributed by atoms with van der Waals surface area (Å²) in [6, 6.07) is 0.610. The van der Waals surface area contributed by atoms with Crippen molar-refractivity contribution in [2.75, 3.05) is 39.5 Å². The zero-order chi connectivity index (χ0) is 21.2. The van der Waals surface area contributed by atoms with E-state index in [1.165, 1.54) is 0 Å². The molecule has 8 nitrogen and oxygen atoms in total. The van der Waals surface area contributed by atoms with Crippen molar-refractivity contribution in [1.82, 2.24) is 9.99 Å². The van der Waals surface area contributed by atoms with Crippen LogP contribution in [0.5, 0.6) is 0 Å². The van der Waals surface area contributed by atoms with Gasteiger partial charge in [-0.05, 0) is 40.5 Å². The van der Waals surface area contributed by atoms with E-state index in [-0.39, 0.29) is 13.2 Å². The van der Waals surface area contributed by atoms with Crippen LogP contribution in [-0.4, -0.2) is 62.3 Å². The van der Waals surface area contributed by atoms with Crippen LogP contribution in [0.1, 0.15) is 53.4 Å². The van der Waals surface area contributed by atoms with E-state index in [4.69, 9.17) is 26.9 Å². The van der Waals surface area contributed by atoms with Gasteiger partial charge in [-0.25, -0.2) is 22.6 Å². The second-order valence-electron chi connectivity index (χ2n) is 6.71. The van der Waals surface area contributed by atoms with Crippen molar-refractivity contribution in [2.24, 2.45) is 0 Å². The molecule has 0 fully saturated rings. The molecule has 0 aliphatic heterocycles. The van der Waals surface area contributed by atoms with E-state index in [2.05, 4.69) is 47.4 Å². The molecule has 0 aliphatic rings. The summed E-state index contributed by atoms with van der Waals surface area (Å²) >= 11 is 0. The lowest BCUT2D eigenvalue weighted by molar-refractivity contribution is 0.151. The molecule has 0 aliphatic carbocycles. The first-order valence-electron chi connectivity index (χ1n) is 9.85. The first kappa shape index (κ1) is 26.6. The average Bonchev–Trinajstić information content (AvgIpc) is 2.63. The number of nitrogens with one attached hydrogen (secondary N) is 1. The summed E-state index contributed by atoms with van der Waals surface area (Å²) in [6.07, 6.45) is 3.32. The third-order valence-electron chi connectivity index (χ3n) is 3.63. The van der Waals surface area contributed by atoms with Crippen molar-refractivity contribution in [1.29, 1.82) is 0 Å². The molecule has 0 saturated carbocycles. The number of amides is 1. The van der Waals surface area contributed by atoms with Crippen LogP contribution in [0, 0.1) is 13.1 Å². The molecule has 0 heterocycles. The molecule has 1 atom stereocenters. The molecule has 1 N–H and O–H groups in total. The predicted octanol–water partition coefficient (Wildman–Crippen LogP) is 4.49. The highest BCUT2D eigenvalue weighted by Gasteiger charge is 2.27. The highest BCUT2D eigenvalue weighted by atomic mass is 31.2. The molecule has 28 heavy (non-hydrogen) atoms. The first-order valence-corrected chi connectivity index (χ1v) is 11.0. The van der Waals surface area contributed by atoms with Crippen molar-refractivity contribution in [3.05, 3.63) is 22.8 Å². The van der Waals surface area contributed by atoms with Crippen molar-refractivity contribution in [3.8, 4) is 0 Å². The third kappa shape index (κ3) is 13.7. The van der Waals surface area contributed by atoms with Crippen LogP contribution in [0.3, 0.4) is 0 Å². The van der Waals surface area contributed by atoms with Crippen molar-refractivity contribution < 1.29 is 18.6 Å². The van der Waals surface area contributed by atoms with Gasteiger partial charge in [0.2, 0.25) is 13.1 Å². The second kappa shape index (κ2) is 17.6. The number of carbonyl (C=O) groups is 1. The zero-order valence-electron chi connectivity index (χ0n) is 17.6. The fourth-order valence-corrected chi connectivity index (χ4v) is 4.08. The third-order valence-corrected chi connectivity index (χ3v) is 5.74. The zero-order valence-corrected chi connectivity index (χ0v) is 18.5. The molecule has 0 spiro atoms. The molecule has 0 rings (SSSR count). The van der Waals surface area contributed by atoms with Crippen LogP contribution in [-0.2, 0) is 13.8 Å². The summed E-state index contributed by atoms with van der Waals surface area (Å²) in [5.74, 6) is 0. The summed E-state index contributed by atoms with van der Waals surface area (Å²) in [7, 11) is -1.16. The lowest BCUT2D eigenvalue weighted by Gasteiger charge is -2.35. The summed E-state index contributed by atoms with van der Waals surface area (Å²) in [6.45, 7) is 24.2. The van der Waals surface area contributed by atoms with Gasteiger partial charge in [-0.2, -0.15) is 0 Å². The largest absolute Gasteiger partial charge is 0.442 e. The average molecular weight is 414 g/mol. The second-order valence-corrected chi connectivity index (χ2v) is 8.17. The summed E-state index contributed by atoms with van der Waals surface area (Å²) in [5.41, 5.74) is 0. The number of alkyl carbamates (subject to hydrolysis) is 1. The van der Waals surface area contributed by atoms with Gasteiger partial charge in [-0.3, -0.25) is 0 Å².